The SMILES string of the molecule is COCCOCCCCNC(C)Cc1ccc(Cl)cc1. The topological polar surface area (TPSA) is 30.5 Å². The highest BCUT2D eigenvalue weighted by Gasteiger charge is 2.02. The summed E-state index contributed by atoms with van der Waals surface area (Å²) >= 11 is 5.88. The quantitative estimate of drug-likeness (QED) is 0.636. The Morgan fingerprint density at radius 3 is 2.55 bits per heavy atom. The first-order valence-corrected chi connectivity index (χ1v) is 7.64. The van der Waals surface area contributed by atoms with Gasteiger partial charge >= 0.3 is 0 Å². The van der Waals surface area contributed by atoms with E-state index in [-0.39, 0.29) is 0 Å². The van der Waals surface area contributed by atoms with E-state index in [9.17, 15) is 0 Å². The lowest BCUT2D eigenvalue weighted by atomic mass is 10.1. The van der Waals surface area contributed by atoms with Gasteiger partial charge in [0.2, 0.25) is 0 Å². The van der Waals surface area contributed by atoms with E-state index in [1.807, 2.05) is 12.1 Å². The number of ether oxygens (including phenoxy) is 2. The molecule has 114 valence electrons. The molecule has 1 rings (SSSR count). The van der Waals surface area contributed by atoms with E-state index in [4.69, 9.17) is 21.1 Å². The Labute approximate surface area is 127 Å². The van der Waals surface area contributed by atoms with Crippen LogP contribution in [0.3, 0.4) is 0 Å². The zero-order chi connectivity index (χ0) is 14.6. The van der Waals surface area contributed by atoms with Crippen molar-refractivity contribution in [2.75, 3.05) is 33.5 Å². The van der Waals surface area contributed by atoms with E-state index in [2.05, 4.69) is 24.4 Å². The fraction of sp³-hybridized carbons (Fsp3) is 0.625. The number of benzene rings is 1. The van der Waals surface area contributed by atoms with Gasteiger partial charge in [-0.25, -0.2) is 0 Å². The van der Waals surface area contributed by atoms with Crippen LogP contribution in [-0.2, 0) is 15.9 Å². The zero-order valence-corrected chi connectivity index (χ0v) is 13.3. The minimum Gasteiger partial charge on any atom is -0.382 e. The summed E-state index contributed by atoms with van der Waals surface area (Å²) in [5, 5.41) is 4.33. The standard InChI is InChI=1S/C16H26ClNO2/c1-14(13-15-5-7-16(17)8-6-15)18-9-3-4-10-20-12-11-19-2/h5-8,14,18H,3-4,9-13H2,1-2H3. The van der Waals surface area contributed by atoms with Crippen LogP contribution in [-0.4, -0.2) is 39.5 Å². The van der Waals surface area contributed by atoms with Gasteiger partial charge in [-0.3, -0.25) is 0 Å². The molecule has 0 spiro atoms. The maximum absolute atomic E-state index is 5.88. The Bertz CT molecular complexity index is 343. The van der Waals surface area contributed by atoms with Crippen LogP contribution in [0, 0.1) is 0 Å². The molecule has 0 aliphatic rings. The summed E-state index contributed by atoms with van der Waals surface area (Å²) in [7, 11) is 1.69. The maximum Gasteiger partial charge on any atom is 0.0700 e. The molecule has 20 heavy (non-hydrogen) atoms. The monoisotopic (exact) mass is 299 g/mol. The van der Waals surface area contributed by atoms with Crippen LogP contribution in [0.2, 0.25) is 5.02 Å². The number of hydrogen-bond acceptors (Lipinski definition) is 3. The average Bonchev–Trinajstić information content (AvgIpc) is 2.44. The van der Waals surface area contributed by atoms with Gasteiger partial charge in [-0.1, -0.05) is 23.7 Å². The summed E-state index contributed by atoms with van der Waals surface area (Å²) in [5.41, 5.74) is 1.32. The molecule has 0 bridgehead atoms. The molecule has 3 nitrogen and oxygen atoms in total. The summed E-state index contributed by atoms with van der Waals surface area (Å²) in [6.45, 7) is 5.43. The third-order valence-corrected chi connectivity index (χ3v) is 3.35. The summed E-state index contributed by atoms with van der Waals surface area (Å²) < 4.78 is 10.3. The Morgan fingerprint density at radius 1 is 1.10 bits per heavy atom. The van der Waals surface area contributed by atoms with Crippen LogP contribution in [0.4, 0.5) is 0 Å². The Balaban J connectivity index is 2.00. The fourth-order valence-corrected chi connectivity index (χ4v) is 2.09. The van der Waals surface area contributed by atoms with Crippen LogP contribution in [0.25, 0.3) is 0 Å². The van der Waals surface area contributed by atoms with Crippen molar-refractivity contribution >= 4 is 11.6 Å². The largest absolute Gasteiger partial charge is 0.382 e. The number of rotatable bonds is 11. The molecule has 0 saturated heterocycles. The smallest absolute Gasteiger partial charge is 0.0700 e. The number of methoxy groups -OCH3 is 1. The molecule has 0 radical (unpaired) electrons. The van der Waals surface area contributed by atoms with Gasteiger partial charge in [0, 0.05) is 24.8 Å². The highest BCUT2D eigenvalue weighted by Crippen LogP contribution is 2.11. The molecule has 0 heterocycles. The lowest BCUT2D eigenvalue weighted by Gasteiger charge is -2.14. The van der Waals surface area contributed by atoms with Crippen molar-refractivity contribution in [3.05, 3.63) is 34.9 Å². The Hall–Kier alpha value is -0.610. The summed E-state index contributed by atoms with van der Waals surface area (Å²) in [6, 6.07) is 8.54. The lowest BCUT2D eigenvalue weighted by Crippen LogP contribution is -2.29. The summed E-state index contributed by atoms with van der Waals surface area (Å²) in [5.74, 6) is 0. The zero-order valence-electron chi connectivity index (χ0n) is 12.5. The highest BCUT2D eigenvalue weighted by molar-refractivity contribution is 6.30. The van der Waals surface area contributed by atoms with E-state index < -0.39 is 0 Å². The van der Waals surface area contributed by atoms with Gasteiger partial charge in [-0.05, 0) is 50.4 Å². The predicted octanol–water partition coefficient (Wildman–Crippen LogP) is 3.30. The minimum absolute atomic E-state index is 0.477. The van der Waals surface area contributed by atoms with Crippen molar-refractivity contribution in [3.63, 3.8) is 0 Å². The molecule has 1 atom stereocenters. The first-order valence-electron chi connectivity index (χ1n) is 7.27. The molecular formula is C16H26ClNO2. The van der Waals surface area contributed by atoms with Crippen molar-refractivity contribution in [2.24, 2.45) is 0 Å². The van der Waals surface area contributed by atoms with Crippen LogP contribution in [0.15, 0.2) is 24.3 Å². The van der Waals surface area contributed by atoms with Crippen molar-refractivity contribution < 1.29 is 9.47 Å². The van der Waals surface area contributed by atoms with Crippen molar-refractivity contribution in [1.82, 2.24) is 5.32 Å². The van der Waals surface area contributed by atoms with Crippen molar-refractivity contribution in [1.29, 1.82) is 0 Å². The van der Waals surface area contributed by atoms with Gasteiger partial charge in [0.25, 0.3) is 0 Å². The van der Waals surface area contributed by atoms with Gasteiger partial charge < -0.3 is 14.8 Å². The first kappa shape index (κ1) is 17.4. The van der Waals surface area contributed by atoms with Gasteiger partial charge in [-0.15, -0.1) is 0 Å². The molecule has 1 unspecified atom stereocenters. The van der Waals surface area contributed by atoms with Crippen LogP contribution in [0.1, 0.15) is 25.3 Å². The molecule has 4 heteroatoms. The Morgan fingerprint density at radius 2 is 1.85 bits per heavy atom. The predicted molar refractivity (Wildman–Crippen MR) is 84.5 cm³/mol. The second kappa shape index (κ2) is 11.1. The normalized spacial score (nSPS) is 12.6. The maximum atomic E-state index is 5.88. The third kappa shape index (κ3) is 8.54. The second-order valence-corrected chi connectivity index (χ2v) is 5.43. The summed E-state index contributed by atoms with van der Waals surface area (Å²) in [6.07, 6.45) is 3.25. The molecule has 0 amide bonds. The second-order valence-electron chi connectivity index (χ2n) is 5.00. The molecule has 1 N–H and O–H groups in total. The van der Waals surface area contributed by atoms with Crippen molar-refractivity contribution in [2.45, 2.75) is 32.2 Å². The van der Waals surface area contributed by atoms with Crippen LogP contribution >= 0.6 is 11.6 Å². The van der Waals surface area contributed by atoms with Gasteiger partial charge in [0.1, 0.15) is 0 Å². The minimum atomic E-state index is 0.477. The molecular weight excluding hydrogens is 274 g/mol. The Kier molecular flexibility index (Phi) is 9.67. The van der Waals surface area contributed by atoms with Gasteiger partial charge in [-0.2, -0.15) is 0 Å². The van der Waals surface area contributed by atoms with Crippen molar-refractivity contribution in [3.8, 4) is 0 Å². The van der Waals surface area contributed by atoms with E-state index in [1.54, 1.807) is 7.11 Å². The van der Waals surface area contributed by atoms with Gasteiger partial charge in [0.15, 0.2) is 0 Å². The molecule has 0 fully saturated rings. The number of hydrogen-bond donors (Lipinski definition) is 1. The molecule has 0 saturated carbocycles. The fourth-order valence-electron chi connectivity index (χ4n) is 1.97. The number of halogens is 1. The summed E-state index contributed by atoms with van der Waals surface area (Å²) in [4.78, 5) is 0. The van der Waals surface area contributed by atoms with E-state index in [1.165, 1.54) is 5.56 Å². The highest BCUT2D eigenvalue weighted by atomic mass is 35.5. The van der Waals surface area contributed by atoms with Crippen LogP contribution in [0.5, 0.6) is 0 Å². The molecule has 0 aromatic heterocycles. The van der Waals surface area contributed by atoms with E-state index in [0.29, 0.717) is 19.3 Å². The number of nitrogens with one attached hydrogen (secondary N) is 1. The average molecular weight is 300 g/mol. The van der Waals surface area contributed by atoms with E-state index in [0.717, 1.165) is 37.4 Å². The first-order chi connectivity index (χ1) is 9.72. The molecule has 1 aromatic rings. The lowest BCUT2D eigenvalue weighted by molar-refractivity contribution is 0.0687. The third-order valence-electron chi connectivity index (χ3n) is 3.10. The van der Waals surface area contributed by atoms with Gasteiger partial charge in [0.05, 0.1) is 13.2 Å². The number of unbranched alkanes of at least 4 members (excludes halogenated alkanes) is 1. The molecule has 1 aromatic carbocycles. The van der Waals surface area contributed by atoms with E-state index >= 15 is 0 Å². The molecule has 0 aliphatic carbocycles. The van der Waals surface area contributed by atoms with Crippen LogP contribution < -0.4 is 5.32 Å². The molecule has 0 aliphatic heterocycles.